The van der Waals surface area contributed by atoms with E-state index < -0.39 is 0 Å². The van der Waals surface area contributed by atoms with Gasteiger partial charge in [-0.05, 0) is 30.5 Å². The molecular weight excluding hydrogens is 470 g/mol. The topological polar surface area (TPSA) is 92.1 Å². The molecule has 196 valence electrons. The van der Waals surface area contributed by atoms with Crippen molar-refractivity contribution in [2.24, 2.45) is 0 Å². The molecule has 1 saturated heterocycles. The molecule has 37 heavy (non-hydrogen) atoms. The van der Waals surface area contributed by atoms with Crippen molar-refractivity contribution in [3.8, 4) is 11.8 Å². The van der Waals surface area contributed by atoms with Gasteiger partial charge in [0.2, 0.25) is 5.91 Å². The summed E-state index contributed by atoms with van der Waals surface area (Å²) in [6.45, 7) is 1.06. The average molecular weight is 506 g/mol. The number of methoxy groups -OCH3 is 1. The summed E-state index contributed by atoms with van der Waals surface area (Å²) in [5.74, 6) is -0.182. The van der Waals surface area contributed by atoms with Crippen LogP contribution < -0.4 is 4.74 Å². The van der Waals surface area contributed by atoms with Gasteiger partial charge >= 0.3 is 0 Å². The van der Waals surface area contributed by atoms with E-state index in [0.717, 1.165) is 18.4 Å². The van der Waals surface area contributed by atoms with Gasteiger partial charge in [-0.3, -0.25) is 9.59 Å². The number of nitriles is 1. The molecule has 0 spiro atoms. The van der Waals surface area contributed by atoms with Gasteiger partial charge in [-0.25, -0.2) is 0 Å². The molecule has 2 aliphatic heterocycles. The molecule has 0 aromatic heterocycles. The van der Waals surface area contributed by atoms with Gasteiger partial charge in [-0.15, -0.1) is 0 Å². The van der Waals surface area contributed by atoms with Gasteiger partial charge in [0.15, 0.2) is 0 Å². The number of benzene rings is 2. The Balaban J connectivity index is 1.69. The van der Waals surface area contributed by atoms with E-state index in [4.69, 9.17) is 14.2 Å². The minimum Gasteiger partial charge on any atom is -0.491 e. The van der Waals surface area contributed by atoms with Crippen molar-refractivity contribution >= 4 is 11.8 Å². The Kier molecular flexibility index (Phi) is 8.80. The number of nitrogens with zero attached hydrogens (tertiary/aromatic N) is 3. The Hall–Kier alpha value is -3.41. The van der Waals surface area contributed by atoms with Crippen molar-refractivity contribution in [2.75, 3.05) is 40.9 Å². The molecule has 1 fully saturated rings. The summed E-state index contributed by atoms with van der Waals surface area (Å²) in [4.78, 5) is 30.3. The molecule has 2 aromatic rings. The maximum absolute atomic E-state index is 13.6. The second-order valence-corrected chi connectivity index (χ2v) is 9.85. The Bertz CT molecular complexity index is 1130. The Morgan fingerprint density at radius 3 is 2.49 bits per heavy atom. The minimum absolute atomic E-state index is 0.0159. The molecular formula is C29H35N3O5. The maximum Gasteiger partial charge on any atom is 0.257 e. The van der Waals surface area contributed by atoms with E-state index >= 15 is 0 Å². The van der Waals surface area contributed by atoms with Crippen LogP contribution in [0.2, 0.25) is 0 Å². The molecule has 0 aliphatic carbocycles. The fraction of sp³-hybridized carbons (Fsp3) is 0.483. The van der Waals surface area contributed by atoms with Crippen LogP contribution in [0.3, 0.4) is 0 Å². The number of hydrogen-bond acceptors (Lipinski definition) is 6. The summed E-state index contributed by atoms with van der Waals surface area (Å²) < 4.78 is 18.1. The van der Waals surface area contributed by atoms with Crippen LogP contribution in [0.5, 0.6) is 5.75 Å². The number of likely N-dealkylation sites (N-methyl/N-ethyl adjacent to an activating group) is 2. The first-order valence-corrected chi connectivity index (χ1v) is 12.8. The highest BCUT2D eigenvalue weighted by Crippen LogP contribution is 2.30. The van der Waals surface area contributed by atoms with E-state index in [1.165, 1.54) is 0 Å². The first-order valence-electron chi connectivity index (χ1n) is 12.8. The third kappa shape index (κ3) is 6.30. The van der Waals surface area contributed by atoms with Gasteiger partial charge in [0.05, 0.1) is 29.9 Å². The van der Waals surface area contributed by atoms with Gasteiger partial charge < -0.3 is 24.0 Å². The van der Waals surface area contributed by atoms with E-state index in [-0.39, 0.29) is 42.5 Å². The lowest BCUT2D eigenvalue weighted by molar-refractivity contribution is -0.150. The second kappa shape index (κ2) is 12.2. The number of para-hydroxylation sites is 1. The maximum atomic E-state index is 13.6. The van der Waals surface area contributed by atoms with E-state index in [2.05, 4.69) is 6.07 Å². The summed E-state index contributed by atoms with van der Waals surface area (Å²) in [7, 11) is 5.20. The molecule has 8 heteroatoms. The SMILES string of the molecule is CO[C@H]1CC[C@@H]2CCOc3c(C#N)cccc3C(=O)N(C)C[C@@H](c3ccccc3)CC(=O)N(C)C[C@@H]1O2. The van der Waals surface area contributed by atoms with E-state index in [1.54, 1.807) is 49.2 Å². The molecule has 4 atom stereocenters. The van der Waals surface area contributed by atoms with Crippen LogP contribution in [0.4, 0.5) is 0 Å². The fourth-order valence-corrected chi connectivity index (χ4v) is 5.19. The van der Waals surface area contributed by atoms with Crippen LogP contribution in [0.1, 0.15) is 53.1 Å². The van der Waals surface area contributed by atoms with Crippen molar-refractivity contribution in [1.29, 1.82) is 5.26 Å². The van der Waals surface area contributed by atoms with Crippen molar-refractivity contribution in [2.45, 2.75) is 49.9 Å². The minimum atomic E-state index is -0.252. The van der Waals surface area contributed by atoms with Gasteiger partial charge in [-0.2, -0.15) is 5.26 Å². The molecule has 2 amide bonds. The zero-order valence-electron chi connectivity index (χ0n) is 21.8. The fourth-order valence-electron chi connectivity index (χ4n) is 5.19. The molecule has 2 aliphatic rings. The number of fused-ring (bicyclic) bond motifs is 3. The predicted octanol–water partition coefficient (Wildman–Crippen LogP) is 3.61. The lowest BCUT2D eigenvalue weighted by Crippen LogP contribution is -2.48. The van der Waals surface area contributed by atoms with Crippen LogP contribution in [-0.4, -0.2) is 80.8 Å². The normalized spacial score (nSPS) is 25.7. The highest BCUT2D eigenvalue weighted by atomic mass is 16.5. The number of ether oxygens (including phenoxy) is 3. The molecule has 0 unspecified atom stereocenters. The Labute approximate surface area is 218 Å². The van der Waals surface area contributed by atoms with Gasteiger partial charge in [0.1, 0.15) is 17.9 Å². The quantitative estimate of drug-likeness (QED) is 0.619. The summed E-state index contributed by atoms with van der Waals surface area (Å²) in [6, 6.07) is 17.0. The largest absolute Gasteiger partial charge is 0.491 e. The molecule has 0 N–H and O–H groups in total. The van der Waals surface area contributed by atoms with Gasteiger partial charge in [-0.1, -0.05) is 36.4 Å². The van der Waals surface area contributed by atoms with Crippen LogP contribution in [0.25, 0.3) is 0 Å². The van der Waals surface area contributed by atoms with Gasteiger partial charge in [0, 0.05) is 53.1 Å². The van der Waals surface area contributed by atoms with Crippen LogP contribution in [0, 0.1) is 11.3 Å². The highest BCUT2D eigenvalue weighted by Gasteiger charge is 2.34. The number of hydrogen-bond donors (Lipinski definition) is 0. The van der Waals surface area contributed by atoms with E-state index in [9.17, 15) is 14.9 Å². The van der Waals surface area contributed by atoms with Gasteiger partial charge in [0.25, 0.3) is 5.91 Å². The summed E-state index contributed by atoms with van der Waals surface area (Å²) in [6.07, 6.45) is 2.07. The standard InChI is InChI=1S/C29H35N3O5/c1-31-19-26-25(35-3)13-12-23(37-26)14-15-36-28-21(17-30)10-7-11-24(28)29(34)32(2)18-22(16-27(31)33)20-8-5-4-6-9-20/h4-11,22-23,25-26H,12-16,18-19H2,1-3H3/t22-,23+,25-,26-/m0/s1. The first-order chi connectivity index (χ1) is 17.9. The summed E-state index contributed by atoms with van der Waals surface area (Å²) in [5, 5.41) is 9.69. The molecule has 2 aromatic carbocycles. The third-order valence-electron chi connectivity index (χ3n) is 7.32. The van der Waals surface area contributed by atoms with Crippen LogP contribution >= 0.6 is 0 Å². The smallest absolute Gasteiger partial charge is 0.257 e. The number of carbonyl (C=O) groups is 2. The molecule has 2 heterocycles. The van der Waals surface area contributed by atoms with Crippen LogP contribution in [0.15, 0.2) is 48.5 Å². The zero-order chi connectivity index (χ0) is 26.4. The van der Waals surface area contributed by atoms with Crippen molar-refractivity contribution < 1.29 is 23.8 Å². The molecule has 8 nitrogen and oxygen atoms in total. The van der Waals surface area contributed by atoms with Crippen LogP contribution in [-0.2, 0) is 14.3 Å². The average Bonchev–Trinajstić information content (AvgIpc) is 2.92. The lowest BCUT2D eigenvalue weighted by Gasteiger charge is -2.38. The van der Waals surface area contributed by atoms with Crippen molar-refractivity contribution in [3.63, 3.8) is 0 Å². The molecule has 0 radical (unpaired) electrons. The summed E-state index contributed by atoms with van der Waals surface area (Å²) >= 11 is 0. The predicted molar refractivity (Wildman–Crippen MR) is 138 cm³/mol. The zero-order valence-corrected chi connectivity index (χ0v) is 21.8. The Morgan fingerprint density at radius 1 is 0.973 bits per heavy atom. The number of amides is 2. The highest BCUT2D eigenvalue weighted by molar-refractivity contribution is 5.97. The number of carbonyl (C=O) groups excluding carboxylic acids is 2. The second-order valence-electron chi connectivity index (χ2n) is 9.85. The summed E-state index contributed by atoms with van der Waals surface area (Å²) in [5.41, 5.74) is 1.64. The van der Waals surface area contributed by atoms with E-state index in [1.807, 2.05) is 30.3 Å². The van der Waals surface area contributed by atoms with Crippen molar-refractivity contribution in [3.05, 3.63) is 65.2 Å². The monoisotopic (exact) mass is 505 g/mol. The third-order valence-corrected chi connectivity index (χ3v) is 7.32. The molecule has 0 saturated carbocycles. The Morgan fingerprint density at radius 2 is 1.76 bits per heavy atom. The molecule has 4 rings (SSSR count). The van der Waals surface area contributed by atoms with E-state index in [0.29, 0.717) is 43.0 Å². The first kappa shape index (κ1) is 26.6. The molecule has 2 bridgehead atoms. The lowest BCUT2D eigenvalue weighted by atomic mass is 9.93. The number of rotatable bonds is 2. The van der Waals surface area contributed by atoms with Crippen molar-refractivity contribution in [1.82, 2.24) is 9.80 Å².